The molecule has 14 heavy (non-hydrogen) atoms. The van der Waals surface area contributed by atoms with Crippen LogP contribution in [0.5, 0.6) is 0 Å². The quantitative estimate of drug-likeness (QED) is 0.696. The summed E-state index contributed by atoms with van der Waals surface area (Å²) in [7, 11) is 1.28. The fraction of sp³-hybridized carbons (Fsp3) is 0.600. The van der Waals surface area contributed by atoms with E-state index in [0.717, 1.165) is 12.8 Å². The minimum Gasteiger partial charge on any atom is -0.453 e. The fourth-order valence-electron chi connectivity index (χ4n) is 1.23. The molecule has 1 rings (SSSR count). The van der Waals surface area contributed by atoms with Gasteiger partial charge in [0.05, 0.1) is 7.11 Å². The number of allylic oxidation sites excluding steroid dienone is 1. The van der Waals surface area contributed by atoms with Crippen molar-refractivity contribution in [1.82, 2.24) is 5.32 Å². The Kier molecular flexibility index (Phi) is 3.68. The van der Waals surface area contributed by atoms with Gasteiger partial charge < -0.3 is 10.1 Å². The number of ether oxygens (including phenoxy) is 1. The van der Waals surface area contributed by atoms with Gasteiger partial charge in [0.15, 0.2) is 5.78 Å². The van der Waals surface area contributed by atoms with Crippen molar-refractivity contribution in [2.75, 3.05) is 7.11 Å². The molecule has 0 heterocycles. The maximum Gasteiger partial charge on any atom is 0.407 e. The van der Waals surface area contributed by atoms with Crippen molar-refractivity contribution < 1.29 is 14.3 Å². The second-order valence-electron chi connectivity index (χ2n) is 3.40. The number of methoxy groups -OCH3 is 1. The van der Waals surface area contributed by atoms with Gasteiger partial charge in [-0.05, 0) is 26.2 Å². The minimum absolute atomic E-state index is 0.0743. The Bertz CT molecular complexity index is 265. The Labute approximate surface area is 83.3 Å². The van der Waals surface area contributed by atoms with Crippen molar-refractivity contribution in [3.63, 3.8) is 0 Å². The zero-order valence-electron chi connectivity index (χ0n) is 8.50. The smallest absolute Gasteiger partial charge is 0.407 e. The number of alkyl carbamates (subject to hydrolysis) is 1. The molecule has 78 valence electrons. The summed E-state index contributed by atoms with van der Waals surface area (Å²) in [5.74, 6) is -0.0743. The molecule has 4 heteroatoms. The van der Waals surface area contributed by atoms with Gasteiger partial charge in [-0.25, -0.2) is 4.79 Å². The summed E-state index contributed by atoms with van der Waals surface area (Å²) in [6.45, 7) is 1.45. The van der Waals surface area contributed by atoms with Crippen LogP contribution in [0, 0.1) is 0 Å². The van der Waals surface area contributed by atoms with Crippen LogP contribution in [0.1, 0.15) is 26.2 Å². The van der Waals surface area contributed by atoms with Crippen LogP contribution in [-0.4, -0.2) is 25.0 Å². The molecule has 0 aromatic rings. The fourth-order valence-corrected chi connectivity index (χ4v) is 1.23. The summed E-state index contributed by atoms with van der Waals surface area (Å²) < 4.78 is 4.43. The van der Waals surface area contributed by atoms with E-state index in [2.05, 4.69) is 10.1 Å². The van der Waals surface area contributed by atoms with Crippen molar-refractivity contribution in [3.05, 3.63) is 11.6 Å². The third-order valence-electron chi connectivity index (χ3n) is 2.29. The van der Waals surface area contributed by atoms with E-state index in [4.69, 9.17) is 0 Å². The van der Waals surface area contributed by atoms with Crippen LogP contribution in [-0.2, 0) is 9.53 Å². The molecule has 1 atom stereocenters. The van der Waals surface area contributed by atoms with Crippen molar-refractivity contribution in [3.8, 4) is 0 Å². The Morgan fingerprint density at radius 3 is 2.50 bits per heavy atom. The highest BCUT2D eigenvalue weighted by molar-refractivity contribution is 5.87. The lowest BCUT2D eigenvalue weighted by Gasteiger charge is -2.19. The van der Waals surface area contributed by atoms with Gasteiger partial charge in [0.2, 0.25) is 0 Å². The Morgan fingerprint density at radius 1 is 1.50 bits per heavy atom. The lowest BCUT2D eigenvalue weighted by molar-refractivity contribution is -0.117. The predicted octanol–water partition coefficient (Wildman–Crippen LogP) is 1.41. The number of rotatable bonds is 3. The van der Waals surface area contributed by atoms with Gasteiger partial charge in [0.1, 0.15) is 6.04 Å². The van der Waals surface area contributed by atoms with E-state index < -0.39 is 12.1 Å². The number of carbonyl (C=O) groups is 2. The van der Waals surface area contributed by atoms with Gasteiger partial charge >= 0.3 is 6.09 Å². The lowest BCUT2D eigenvalue weighted by atomic mass is 9.90. The Hall–Kier alpha value is -1.32. The van der Waals surface area contributed by atoms with Crippen molar-refractivity contribution in [2.24, 2.45) is 0 Å². The first kappa shape index (κ1) is 10.8. The molecular weight excluding hydrogens is 182 g/mol. The molecule has 4 nitrogen and oxygen atoms in total. The molecule has 1 aliphatic rings. The van der Waals surface area contributed by atoms with E-state index in [1.807, 2.05) is 6.08 Å². The van der Waals surface area contributed by atoms with Gasteiger partial charge in [-0.15, -0.1) is 0 Å². The zero-order chi connectivity index (χ0) is 10.6. The van der Waals surface area contributed by atoms with Crippen LogP contribution >= 0.6 is 0 Å². The molecule has 1 unspecified atom stereocenters. The molecular formula is C10H15NO3. The van der Waals surface area contributed by atoms with E-state index in [-0.39, 0.29) is 5.78 Å². The third-order valence-corrected chi connectivity index (χ3v) is 2.29. The van der Waals surface area contributed by atoms with E-state index in [1.165, 1.54) is 26.0 Å². The van der Waals surface area contributed by atoms with Gasteiger partial charge in [0.25, 0.3) is 0 Å². The molecule has 0 bridgehead atoms. The normalized spacial score (nSPS) is 16.6. The number of amides is 1. The van der Waals surface area contributed by atoms with Gasteiger partial charge in [-0.2, -0.15) is 0 Å². The molecule has 1 fully saturated rings. The first-order valence-corrected chi connectivity index (χ1v) is 4.68. The summed E-state index contributed by atoms with van der Waals surface area (Å²) in [6, 6.07) is -0.530. The van der Waals surface area contributed by atoms with E-state index in [1.54, 1.807) is 0 Å². The summed E-state index contributed by atoms with van der Waals surface area (Å²) >= 11 is 0. The summed E-state index contributed by atoms with van der Waals surface area (Å²) in [4.78, 5) is 22.1. The molecule has 1 saturated carbocycles. The largest absolute Gasteiger partial charge is 0.453 e. The predicted molar refractivity (Wildman–Crippen MR) is 51.9 cm³/mol. The van der Waals surface area contributed by atoms with Crippen LogP contribution in [0.4, 0.5) is 4.79 Å². The molecule has 1 aliphatic carbocycles. The number of ketones is 1. The topological polar surface area (TPSA) is 55.4 Å². The first-order valence-electron chi connectivity index (χ1n) is 4.68. The van der Waals surface area contributed by atoms with Crippen LogP contribution in [0.25, 0.3) is 0 Å². The van der Waals surface area contributed by atoms with Crippen molar-refractivity contribution in [2.45, 2.75) is 32.2 Å². The number of hydrogen-bond acceptors (Lipinski definition) is 3. The molecule has 0 aliphatic heterocycles. The van der Waals surface area contributed by atoms with Crippen LogP contribution in [0.15, 0.2) is 11.6 Å². The van der Waals surface area contributed by atoms with E-state index in [9.17, 15) is 9.59 Å². The van der Waals surface area contributed by atoms with E-state index >= 15 is 0 Å². The lowest BCUT2D eigenvalue weighted by Crippen LogP contribution is -2.38. The molecule has 0 aromatic carbocycles. The maximum atomic E-state index is 11.2. The molecule has 0 radical (unpaired) electrons. The number of Topliss-reactive ketones (excluding diaryl/α,β-unsaturated/α-hetero) is 1. The van der Waals surface area contributed by atoms with Crippen LogP contribution in [0.3, 0.4) is 0 Å². The highest BCUT2D eigenvalue weighted by Crippen LogP contribution is 2.25. The molecule has 1 amide bonds. The van der Waals surface area contributed by atoms with Gasteiger partial charge in [-0.3, -0.25) is 4.79 Å². The van der Waals surface area contributed by atoms with Gasteiger partial charge in [-0.1, -0.05) is 11.6 Å². The average Bonchev–Trinajstić information content (AvgIpc) is 2.08. The molecule has 0 spiro atoms. The molecule has 0 saturated heterocycles. The van der Waals surface area contributed by atoms with E-state index in [0.29, 0.717) is 0 Å². The highest BCUT2D eigenvalue weighted by atomic mass is 16.5. The number of carbonyl (C=O) groups excluding carboxylic acids is 2. The Balaban J connectivity index is 2.55. The number of nitrogens with one attached hydrogen (secondary N) is 1. The highest BCUT2D eigenvalue weighted by Gasteiger charge is 2.17. The summed E-state index contributed by atoms with van der Waals surface area (Å²) in [5.41, 5.74) is 1.24. The first-order chi connectivity index (χ1) is 6.63. The minimum atomic E-state index is -0.568. The summed E-state index contributed by atoms with van der Waals surface area (Å²) in [6.07, 6.45) is 4.50. The van der Waals surface area contributed by atoms with Crippen molar-refractivity contribution in [1.29, 1.82) is 0 Å². The van der Waals surface area contributed by atoms with Crippen LogP contribution in [0.2, 0.25) is 0 Å². The Morgan fingerprint density at radius 2 is 2.14 bits per heavy atom. The SMILES string of the molecule is COC(=O)NC(C=C1CCC1)C(C)=O. The molecule has 1 N–H and O–H groups in total. The van der Waals surface area contributed by atoms with Crippen molar-refractivity contribution >= 4 is 11.9 Å². The van der Waals surface area contributed by atoms with Gasteiger partial charge in [0, 0.05) is 0 Å². The molecule has 0 aromatic heterocycles. The monoisotopic (exact) mass is 197 g/mol. The second-order valence-corrected chi connectivity index (χ2v) is 3.40. The second kappa shape index (κ2) is 4.79. The average molecular weight is 197 g/mol. The third kappa shape index (κ3) is 2.87. The zero-order valence-corrected chi connectivity index (χ0v) is 8.50. The standard InChI is InChI=1S/C10H15NO3/c1-7(12)9(11-10(13)14-2)6-8-4-3-5-8/h6,9H,3-5H2,1-2H3,(H,11,13). The van der Waals surface area contributed by atoms with Crippen LogP contribution < -0.4 is 5.32 Å². The maximum absolute atomic E-state index is 11.2. The summed E-state index contributed by atoms with van der Waals surface area (Å²) in [5, 5.41) is 2.48. The number of hydrogen-bond donors (Lipinski definition) is 1.